The molecule has 1 aromatic heterocycles. The van der Waals surface area contributed by atoms with E-state index in [2.05, 4.69) is 67.6 Å². The molecular formula is C25H23NO. The maximum absolute atomic E-state index is 5.38. The second-order valence-corrected chi connectivity index (χ2v) is 6.74. The molecular weight excluding hydrogens is 330 g/mol. The number of methoxy groups -OCH3 is 1. The Bertz CT molecular complexity index is 1070. The number of ether oxygens (including phenoxy) is 1. The number of nitrogens with zero attached hydrogens (tertiary/aromatic N) is 1. The van der Waals surface area contributed by atoms with E-state index in [1.807, 2.05) is 18.2 Å². The lowest BCUT2D eigenvalue weighted by Gasteiger charge is -2.12. The Kier molecular flexibility index (Phi) is 4.88. The van der Waals surface area contributed by atoms with Gasteiger partial charge in [-0.15, -0.1) is 0 Å². The van der Waals surface area contributed by atoms with Crippen LogP contribution in [0.25, 0.3) is 33.2 Å². The molecule has 2 heteroatoms. The Hall–Kier alpha value is -3.13. The molecule has 0 fully saturated rings. The van der Waals surface area contributed by atoms with Crippen LogP contribution in [-0.2, 0) is 6.42 Å². The summed E-state index contributed by atoms with van der Waals surface area (Å²) in [6.07, 6.45) is 2.04. The quantitative estimate of drug-likeness (QED) is 0.407. The van der Waals surface area contributed by atoms with Crippen molar-refractivity contribution in [2.75, 3.05) is 7.11 Å². The first-order valence-corrected chi connectivity index (χ1v) is 9.42. The first-order chi connectivity index (χ1) is 13.3. The van der Waals surface area contributed by atoms with E-state index in [1.54, 1.807) is 7.11 Å². The summed E-state index contributed by atoms with van der Waals surface area (Å²) in [6.45, 7) is 2.20. The zero-order valence-corrected chi connectivity index (χ0v) is 15.8. The molecule has 0 N–H and O–H groups in total. The van der Waals surface area contributed by atoms with Gasteiger partial charge < -0.3 is 4.74 Å². The topological polar surface area (TPSA) is 22.1 Å². The summed E-state index contributed by atoms with van der Waals surface area (Å²) in [6, 6.07) is 27.4. The van der Waals surface area contributed by atoms with Crippen molar-refractivity contribution < 1.29 is 4.74 Å². The molecule has 4 aromatic rings. The Balaban J connectivity index is 1.86. The summed E-state index contributed by atoms with van der Waals surface area (Å²) in [7, 11) is 1.70. The smallest absolute Gasteiger partial charge is 0.119 e. The summed E-state index contributed by atoms with van der Waals surface area (Å²) in [5.74, 6) is 0.874. The SMILES string of the molecule is CCCc1nc(-c2ccccc2)cc2ccc(-c3cccc(OC)c3)cc12. The molecule has 1 heterocycles. The molecule has 0 aliphatic heterocycles. The van der Waals surface area contributed by atoms with E-state index in [1.165, 1.54) is 22.0 Å². The van der Waals surface area contributed by atoms with Gasteiger partial charge in [0.05, 0.1) is 12.8 Å². The van der Waals surface area contributed by atoms with E-state index in [-0.39, 0.29) is 0 Å². The van der Waals surface area contributed by atoms with Gasteiger partial charge in [0, 0.05) is 16.6 Å². The molecule has 0 amide bonds. The highest BCUT2D eigenvalue weighted by Gasteiger charge is 2.09. The van der Waals surface area contributed by atoms with Crippen LogP contribution >= 0.6 is 0 Å². The predicted molar refractivity (Wildman–Crippen MR) is 113 cm³/mol. The van der Waals surface area contributed by atoms with Crippen molar-refractivity contribution in [1.82, 2.24) is 4.98 Å². The number of hydrogen-bond donors (Lipinski definition) is 0. The summed E-state index contributed by atoms with van der Waals surface area (Å²) in [4.78, 5) is 5.00. The molecule has 4 rings (SSSR count). The molecule has 0 bridgehead atoms. The molecule has 0 radical (unpaired) electrons. The van der Waals surface area contributed by atoms with Crippen molar-refractivity contribution in [2.24, 2.45) is 0 Å². The zero-order chi connectivity index (χ0) is 18.6. The van der Waals surface area contributed by atoms with Gasteiger partial charge in [0.1, 0.15) is 5.75 Å². The number of benzene rings is 3. The summed E-state index contributed by atoms with van der Waals surface area (Å²) >= 11 is 0. The monoisotopic (exact) mass is 353 g/mol. The van der Waals surface area contributed by atoms with Gasteiger partial charge in [-0.2, -0.15) is 0 Å². The maximum Gasteiger partial charge on any atom is 0.119 e. The Morgan fingerprint density at radius 1 is 0.778 bits per heavy atom. The van der Waals surface area contributed by atoms with Crippen molar-refractivity contribution in [2.45, 2.75) is 19.8 Å². The lowest BCUT2D eigenvalue weighted by atomic mass is 9.98. The highest BCUT2D eigenvalue weighted by Crippen LogP contribution is 2.31. The fourth-order valence-electron chi connectivity index (χ4n) is 3.48. The minimum absolute atomic E-state index is 0.874. The summed E-state index contributed by atoms with van der Waals surface area (Å²) < 4.78 is 5.38. The van der Waals surface area contributed by atoms with Gasteiger partial charge >= 0.3 is 0 Å². The largest absolute Gasteiger partial charge is 0.497 e. The van der Waals surface area contributed by atoms with Gasteiger partial charge in [-0.3, -0.25) is 4.98 Å². The Morgan fingerprint density at radius 2 is 1.56 bits per heavy atom. The van der Waals surface area contributed by atoms with Crippen LogP contribution in [0.15, 0.2) is 78.9 Å². The van der Waals surface area contributed by atoms with E-state index >= 15 is 0 Å². The van der Waals surface area contributed by atoms with E-state index in [0.29, 0.717) is 0 Å². The molecule has 0 atom stereocenters. The Labute approximate surface area is 160 Å². The third kappa shape index (κ3) is 3.56. The van der Waals surface area contributed by atoms with E-state index < -0.39 is 0 Å². The van der Waals surface area contributed by atoms with E-state index in [4.69, 9.17) is 9.72 Å². The average Bonchev–Trinajstić information content (AvgIpc) is 2.74. The number of aromatic nitrogens is 1. The number of fused-ring (bicyclic) bond motifs is 1. The Morgan fingerprint density at radius 3 is 2.33 bits per heavy atom. The third-order valence-corrected chi connectivity index (χ3v) is 4.87. The molecule has 3 aromatic carbocycles. The third-order valence-electron chi connectivity index (χ3n) is 4.87. The maximum atomic E-state index is 5.38. The van der Waals surface area contributed by atoms with Crippen LogP contribution in [0.4, 0.5) is 0 Å². The van der Waals surface area contributed by atoms with Crippen molar-refractivity contribution in [3.05, 3.63) is 84.6 Å². The first-order valence-electron chi connectivity index (χ1n) is 9.42. The van der Waals surface area contributed by atoms with Crippen molar-refractivity contribution in [3.8, 4) is 28.1 Å². The van der Waals surface area contributed by atoms with E-state index in [0.717, 1.165) is 35.4 Å². The molecule has 2 nitrogen and oxygen atoms in total. The van der Waals surface area contributed by atoms with Crippen LogP contribution in [0, 0.1) is 0 Å². The lowest BCUT2D eigenvalue weighted by Crippen LogP contribution is -1.95. The van der Waals surface area contributed by atoms with Crippen molar-refractivity contribution in [3.63, 3.8) is 0 Å². The minimum atomic E-state index is 0.874. The van der Waals surface area contributed by atoms with Gasteiger partial charge in [-0.25, -0.2) is 0 Å². The van der Waals surface area contributed by atoms with Gasteiger partial charge in [0.25, 0.3) is 0 Å². The van der Waals surface area contributed by atoms with Gasteiger partial charge in [0.15, 0.2) is 0 Å². The fraction of sp³-hybridized carbons (Fsp3) is 0.160. The van der Waals surface area contributed by atoms with Crippen LogP contribution in [0.1, 0.15) is 19.0 Å². The van der Waals surface area contributed by atoms with Crippen LogP contribution in [0.2, 0.25) is 0 Å². The molecule has 27 heavy (non-hydrogen) atoms. The molecule has 0 saturated heterocycles. The highest BCUT2D eigenvalue weighted by atomic mass is 16.5. The highest BCUT2D eigenvalue weighted by molar-refractivity contribution is 5.91. The standard InChI is InChI=1S/C25H23NO/c1-3-8-24-23-16-20(19-11-7-12-22(15-19)27-2)13-14-21(23)17-25(26-24)18-9-5-4-6-10-18/h4-7,9-17H,3,8H2,1-2H3. The molecule has 0 aliphatic carbocycles. The number of rotatable bonds is 5. The van der Waals surface area contributed by atoms with Crippen molar-refractivity contribution in [1.29, 1.82) is 0 Å². The molecule has 0 spiro atoms. The summed E-state index contributed by atoms with van der Waals surface area (Å²) in [5, 5.41) is 2.47. The predicted octanol–water partition coefficient (Wildman–Crippen LogP) is 6.53. The number of aryl methyl sites for hydroxylation is 1. The molecule has 134 valence electrons. The second-order valence-electron chi connectivity index (χ2n) is 6.74. The van der Waals surface area contributed by atoms with E-state index in [9.17, 15) is 0 Å². The second kappa shape index (κ2) is 7.63. The van der Waals surface area contributed by atoms with Crippen molar-refractivity contribution >= 4 is 10.8 Å². The average molecular weight is 353 g/mol. The normalized spacial score (nSPS) is 10.9. The van der Waals surface area contributed by atoms with Crippen LogP contribution in [0.5, 0.6) is 5.75 Å². The molecule has 0 aliphatic rings. The van der Waals surface area contributed by atoms with Crippen LogP contribution < -0.4 is 4.74 Å². The van der Waals surface area contributed by atoms with Crippen LogP contribution in [-0.4, -0.2) is 12.1 Å². The van der Waals surface area contributed by atoms with Gasteiger partial charge in [-0.1, -0.05) is 67.9 Å². The lowest BCUT2D eigenvalue weighted by molar-refractivity contribution is 0.415. The summed E-state index contributed by atoms with van der Waals surface area (Å²) in [5.41, 5.74) is 5.71. The molecule has 0 unspecified atom stereocenters. The van der Waals surface area contributed by atoms with Crippen LogP contribution in [0.3, 0.4) is 0 Å². The molecule has 0 saturated carbocycles. The van der Waals surface area contributed by atoms with Gasteiger partial charge in [-0.05, 0) is 47.2 Å². The van der Waals surface area contributed by atoms with Gasteiger partial charge in [0.2, 0.25) is 0 Å². The minimum Gasteiger partial charge on any atom is -0.497 e. The number of pyridine rings is 1. The fourth-order valence-corrected chi connectivity index (χ4v) is 3.48. The number of hydrogen-bond acceptors (Lipinski definition) is 2. The first kappa shape index (κ1) is 17.3. The zero-order valence-electron chi connectivity index (χ0n) is 15.8.